The van der Waals surface area contributed by atoms with Crippen LogP contribution >= 0.6 is 11.8 Å². The molecule has 0 aromatic carbocycles. The maximum atomic E-state index is 5.46. The summed E-state index contributed by atoms with van der Waals surface area (Å²) in [7, 11) is 1.66. The third-order valence-electron chi connectivity index (χ3n) is 3.05. The van der Waals surface area contributed by atoms with Crippen LogP contribution in [0.2, 0.25) is 0 Å². The number of hydrogen-bond acceptors (Lipinski definition) is 6. The molecule has 1 atom stereocenters. The summed E-state index contributed by atoms with van der Waals surface area (Å²) < 4.78 is 5.46. The van der Waals surface area contributed by atoms with Gasteiger partial charge in [0.25, 0.3) is 0 Å². The van der Waals surface area contributed by atoms with E-state index < -0.39 is 0 Å². The zero-order valence-electron chi connectivity index (χ0n) is 11.6. The molecule has 2 rings (SSSR count). The highest BCUT2D eigenvalue weighted by atomic mass is 32.2. The number of thioether (sulfide) groups is 1. The van der Waals surface area contributed by atoms with Crippen LogP contribution in [0.1, 0.15) is 26.2 Å². The fourth-order valence-electron chi connectivity index (χ4n) is 2.09. The first-order valence-electron chi connectivity index (χ1n) is 6.82. The van der Waals surface area contributed by atoms with Crippen LogP contribution in [0.15, 0.2) is 6.33 Å². The summed E-state index contributed by atoms with van der Waals surface area (Å²) in [5, 5.41) is 6.75. The van der Waals surface area contributed by atoms with Crippen molar-refractivity contribution >= 4 is 23.4 Å². The van der Waals surface area contributed by atoms with Crippen LogP contribution in [-0.2, 0) is 0 Å². The molecule has 106 valence electrons. The second-order valence-corrected chi connectivity index (χ2v) is 5.74. The molecular formula is C13H22N4OS. The van der Waals surface area contributed by atoms with E-state index in [9.17, 15) is 0 Å². The average molecular weight is 282 g/mol. The molecule has 0 spiro atoms. The van der Waals surface area contributed by atoms with Gasteiger partial charge in [0.05, 0.1) is 7.11 Å². The number of rotatable bonds is 6. The van der Waals surface area contributed by atoms with Crippen molar-refractivity contribution < 1.29 is 4.74 Å². The Morgan fingerprint density at radius 1 is 1.42 bits per heavy atom. The highest BCUT2D eigenvalue weighted by Gasteiger charge is 2.18. The second-order valence-electron chi connectivity index (χ2n) is 4.59. The minimum absolute atomic E-state index is 0.474. The lowest BCUT2D eigenvalue weighted by Crippen LogP contribution is -2.26. The number of ether oxygens (including phenoxy) is 1. The van der Waals surface area contributed by atoms with Gasteiger partial charge in [-0.3, -0.25) is 0 Å². The van der Waals surface area contributed by atoms with E-state index in [1.54, 1.807) is 13.4 Å². The Balaban J connectivity index is 2.09. The molecule has 5 nitrogen and oxygen atoms in total. The van der Waals surface area contributed by atoms with E-state index in [1.807, 2.05) is 11.8 Å². The summed E-state index contributed by atoms with van der Waals surface area (Å²) in [6.45, 7) is 3.01. The van der Waals surface area contributed by atoms with E-state index >= 15 is 0 Å². The van der Waals surface area contributed by atoms with E-state index in [-0.39, 0.29) is 0 Å². The first-order chi connectivity index (χ1) is 9.35. The van der Waals surface area contributed by atoms with Gasteiger partial charge in [0.15, 0.2) is 11.6 Å². The van der Waals surface area contributed by atoms with Gasteiger partial charge in [-0.05, 0) is 25.0 Å². The highest BCUT2D eigenvalue weighted by molar-refractivity contribution is 7.99. The molecule has 19 heavy (non-hydrogen) atoms. The quantitative estimate of drug-likeness (QED) is 0.836. The minimum Gasteiger partial charge on any atom is -0.490 e. The van der Waals surface area contributed by atoms with Gasteiger partial charge in [0.2, 0.25) is 5.75 Å². The van der Waals surface area contributed by atoms with Crippen molar-refractivity contribution in [3.63, 3.8) is 0 Å². The third-order valence-corrected chi connectivity index (χ3v) is 4.27. The van der Waals surface area contributed by atoms with Crippen LogP contribution < -0.4 is 15.4 Å². The van der Waals surface area contributed by atoms with Crippen molar-refractivity contribution in [3.05, 3.63) is 6.33 Å². The summed E-state index contributed by atoms with van der Waals surface area (Å²) in [6.07, 6.45) is 5.09. The van der Waals surface area contributed by atoms with Crippen molar-refractivity contribution in [1.82, 2.24) is 9.97 Å². The van der Waals surface area contributed by atoms with Gasteiger partial charge in [-0.1, -0.05) is 6.92 Å². The molecule has 2 heterocycles. The second kappa shape index (κ2) is 7.43. The Bertz CT molecular complexity index is 396. The van der Waals surface area contributed by atoms with Crippen LogP contribution in [0.3, 0.4) is 0 Å². The van der Waals surface area contributed by atoms with Crippen LogP contribution in [0.5, 0.6) is 5.75 Å². The first-order valence-corrected chi connectivity index (χ1v) is 7.97. The summed E-state index contributed by atoms with van der Waals surface area (Å²) in [4.78, 5) is 8.56. The van der Waals surface area contributed by atoms with Crippen molar-refractivity contribution in [1.29, 1.82) is 0 Å². The molecule has 0 amide bonds. The zero-order valence-corrected chi connectivity index (χ0v) is 12.4. The molecule has 1 unspecified atom stereocenters. The summed E-state index contributed by atoms with van der Waals surface area (Å²) >= 11 is 1.99. The lowest BCUT2D eigenvalue weighted by molar-refractivity contribution is 0.414. The van der Waals surface area contributed by atoms with E-state index in [0.717, 1.165) is 30.4 Å². The first kappa shape index (κ1) is 14.2. The molecular weight excluding hydrogens is 260 g/mol. The van der Waals surface area contributed by atoms with E-state index in [1.165, 1.54) is 18.6 Å². The van der Waals surface area contributed by atoms with Crippen LogP contribution in [0, 0.1) is 0 Å². The standard InChI is InChI=1S/C13H22N4OS/c1-3-6-14-12-11(18-2)13(16-9-15-12)17-10-5-4-7-19-8-10/h9-10H,3-8H2,1-2H3,(H2,14,15,16,17). The molecule has 0 aliphatic carbocycles. The highest BCUT2D eigenvalue weighted by Crippen LogP contribution is 2.31. The molecule has 1 fully saturated rings. The Morgan fingerprint density at radius 2 is 2.26 bits per heavy atom. The Kier molecular flexibility index (Phi) is 5.57. The fourth-order valence-corrected chi connectivity index (χ4v) is 3.16. The molecule has 2 N–H and O–H groups in total. The van der Waals surface area contributed by atoms with Gasteiger partial charge in [0.1, 0.15) is 6.33 Å². The summed E-state index contributed by atoms with van der Waals surface area (Å²) in [5.41, 5.74) is 0. The molecule has 0 saturated carbocycles. The van der Waals surface area contributed by atoms with Crippen molar-refractivity contribution in [2.75, 3.05) is 35.8 Å². The molecule has 1 aromatic rings. The van der Waals surface area contributed by atoms with Gasteiger partial charge in [-0.2, -0.15) is 11.8 Å². The minimum atomic E-state index is 0.474. The van der Waals surface area contributed by atoms with Crippen molar-refractivity contribution in [2.45, 2.75) is 32.2 Å². The molecule has 1 aliphatic heterocycles. The van der Waals surface area contributed by atoms with Gasteiger partial charge in [-0.15, -0.1) is 0 Å². The predicted molar refractivity (Wildman–Crippen MR) is 81.3 cm³/mol. The number of anilines is 2. The van der Waals surface area contributed by atoms with Crippen LogP contribution in [0.4, 0.5) is 11.6 Å². The smallest absolute Gasteiger partial charge is 0.204 e. The zero-order chi connectivity index (χ0) is 13.5. The topological polar surface area (TPSA) is 59.1 Å². The monoisotopic (exact) mass is 282 g/mol. The molecule has 1 aliphatic rings. The van der Waals surface area contributed by atoms with Gasteiger partial charge < -0.3 is 15.4 Å². The van der Waals surface area contributed by atoms with Crippen LogP contribution in [-0.4, -0.2) is 41.2 Å². The Labute approximate surface area is 118 Å². The number of nitrogens with zero attached hydrogens (tertiary/aromatic N) is 2. The number of aromatic nitrogens is 2. The number of nitrogens with one attached hydrogen (secondary N) is 2. The van der Waals surface area contributed by atoms with E-state index in [0.29, 0.717) is 11.8 Å². The molecule has 6 heteroatoms. The van der Waals surface area contributed by atoms with E-state index in [4.69, 9.17) is 4.74 Å². The van der Waals surface area contributed by atoms with Crippen molar-refractivity contribution in [2.24, 2.45) is 0 Å². The van der Waals surface area contributed by atoms with Crippen LogP contribution in [0.25, 0.3) is 0 Å². The van der Waals surface area contributed by atoms with E-state index in [2.05, 4.69) is 27.5 Å². The summed E-state index contributed by atoms with van der Waals surface area (Å²) in [6, 6.07) is 0.474. The SMILES string of the molecule is CCCNc1ncnc(NC2CCCSC2)c1OC. The third kappa shape index (κ3) is 3.89. The lowest BCUT2D eigenvalue weighted by Gasteiger charge is -2.24. The largest absolute Gasteiger partial charge is 0.490 e. The number of hydrogen-bond donors (Lipinski definition) is 2. The fraction of sp³-hybridized carbons (Fsp3) is 0.692. The normalized spacial score (nSPS) is 18.9. The lowest BCUT2D eigenvalue weighted by atomic mass is 10.2. The molecule has 1 saturated heterocycles. The Morgan fingerprint density at radius 3 is 2.95 bits per heavy atom. The number of methoxy groups -OCH3 is 1. The van der Waals surface area contributed by atoms with Gasteiger partial charge >= 0.3 is 0 Å². The predicted octanol–water partition coefficient (Wildman–Crippen LogP) is 2.61. The maximum Gasteiger partial charge on any atom is 0.204 e. The molecule has 0 bridgehead atoms. The van der Waals surface area contributed by atoms with Gasteiger partial charge in [-0.25, -0.2) is 9.97 Å². The summed E-state index contributed by atoms with van der Waals surface area (Å²) in [5.74, 6) is 4.67. The molecule has 1 aromatic heterocycles. The average Bonchev–Trinajstić information content (AvgIpc) is 2.46. The maximum absolute atomic E-state index is 5.46. The van der Waals surface area contributed by atoms with Gasteiger partial charge in [0, 0.05) is 18.3 Å². The Hall–Kier alpha value is -1.17. The van der Waals surface area contributed by atoms with Crippen molar-refractivity contribution in [3.8, 4) is 5.75 Å². The molecule has 0 radical (unpaired) electrons.